The minimum atomic E-state index is -5.17. The molecule has 1 aliphatic carbocycles. The van der Waals surface area contributed by atoms with Crippen LogP contribution in [0.4, 0.5) is 3.89 Å². The Labute approximate surface area is 218 Å². The highest BCUT2D eigenvalue weighted by molar-refractivity contribution is 7.81. The van der Waals surface area contributed by atoms with Crippen LogP contribution in [0.5, 0.6) is 5.75 Å². The van der Waals surface area contributed by atoms with Crippen LogP contribution in [0, 0.1) is 11.3 Å². The number of H-pyrrole nitrogens is 1. The van der Waals surface area contributed by atoms with Gasteiger partial charge in [0.2, 0.25) is 0 Å². The van der Waals surface area contributed by atoms with Gasteiger partial charge in [-0.3, -0.25) is 4.79 Å². The third kappa shape index (κ3) is 3.92. The molecule has 9 heteroatoms. The van der Waals surface area contributed by atoms with Gasteiger partial charge in [0.1, 0.15) is 11.4 Å². The number of aromatic nitrogens is 2. The molecule has 0 bridgehead atoms. The van der Waals surface area contributed by atoms with Crippen molar-refractivity contribution in [2.45, 2.75) is 45.1 Å². The highest BCUT2D eigenvalue weighted by Gasteiger charge is 2.27. The summed E-state index contributed by atoms with van der Waals surface area (Å²) in [4.78, 5) is 17.4. The number of fused-ring (bicyclic) bond motifs is 4. The zero-order valence-electron chi connectivity index (χ0n) is 20.8. The fraction of sp³-hybridized carbons (Fsp3) is 0.241. The molecule has 192 valence electrons. The van der Waals surface area contributed by atoms with Crippen LogP contribution in [0.2, 0.25) is 0 Å². The lowest BCUT2D eigenvalue weighted by atomic mass is 9.88. The predicted octanol–water partition coefficient (Wildman–Crippen LogP) is 6.62. The van der Waals surface area contributed by atoms with Crippen molar-refractivity contribution in [3.63, 3.8) is 0 Å². The number of nitriles is 1. The molecule has 0 amide bonds. The lowest BCUT2D eigenvalue weighted by Crippen LogP contribution is -2.21. The van der Waals surface area contributed by atoms with Gasteiger partial charge in [0.05, 0.1) is 22.5 Å². The van der Waals surface area contributed by atoms with Gasteiger partial charge in [0.25, 0.3) is 0 Å². The van der Waals surface area contributed by atoms with Crippen LogP contribution >= 0.6 is 0 Å². The van der Waals surface area contributed by atoms with Crippen LogP contribution < -0.4 is 9.61 Å². The van der Waals surface area contributed by atoms with Gasteiger partial charge >= 0.3 is 10.5 Å². The summed E-state index contributed by atoms with van der Waals surface area (Å²) in [6, 6.07) is 17.9. The van der Waals surface area contributed by atoms with Crippen LogP contribution in [-0.2, 0) is 10.5 Å². The molecule has 6 rings (SSSR count). The van der Waals surface area contributed by atoms with Crippen LogP contribution in [0.15, 0.2) is 59.4 Å². The van der Waals surface area contributed by atoms with Gasteiger partial charge in [-0.1, -0.05) is 35.9 Å². The van der Waals surface area contributed by atoms with Gasteiger partial charge in [0.15, 0.2) is 5.43 Å². The topological polar surface area (TPSA) is 105 Å². The third-order valence-electron chi connectivity index (χ3n) is 7.45. The van der Waals surface area contributed by atoms with E-state index in [0.717, 1.165) is 52.5 Å². The Kier molecular flexibility index (Phi) is 5.54. The molecule has 1 N–H and O–H groups in total. The highest BCUT2D eigenvalue weighted by atomic mass is 32.3. The van der Waals surface area contributed by atoms with Crippen molar-refractivity contribution in [1.82, 2.24) is 9.55 Å². The van der Waals surface area contributed by atoms with Crippen molar-refractivity contribution in [1.29, 1.82) is 5.26 Å². The molecule has 1 aliphatic rings. The lowest BCUT2D eigenvalue weighted by Gasteiger charge is -2.31. The number of nitrogens with one attached hydrogen (secondary N) is 1. The monoisotopic (exact) mass is 529 g/mol. The van der Waals surface area contributed by atoms with E-state index in [4.69, 9.17) is 0 Å². The molecule has 2 aromatic heterocycles. The first-order valence-electron chi connectivity index (χ1n) is 12.5. The van der Waals surface area contributed by atoms with Gasteiger partial charge < -0.3 is 13.7 Å². The fourth-order valence-corrected chi connectivity index (χ4v) is 5.82. The second kappa shape index (κ2) is 8.71. The molecule has 0 radical (unpaired) electrons. The van der Waals surface area contributed by atoms with Crippen molar-refractivity contribution >= 4 is 43.3 Å². The molecular weight excluding hydrogens is 505 g/mol. The van der Waals surface area contributed by atoms with Crippen LogP contribution in [-0.4, -0.2) is 18.0 Å². The Hall–Kier alpha value is -4.16. The summed E-state index contributed by atoms with van der Waals surface area (Å²) in [6.07, 6.45) is 3.04. The van der Waals surface area contributed by atoms with E-state index in [2.05, 4.69) is 19.8 Å². The van der Waals surface area contributed by atoms with Gasteiger partial charge in [0, 0.05) is 22.3 Å². The van der Waals surface area contributed by atoms with Crippen molar-refractivity contribution in [2.75, 3.05) is 0 Å². The summed E-state index contributed by atoms with van der Waals surface area (Å²) in [5, 5.41) is 11.4. The molecule has 0 saturated heterocycles. The van der Waals surface area contributed by atoms with Crippen LogP contribution in [0.3, 0.4) is 0 Å². The number of rotatable bonds is 5. The summed E-state index contributed by atoms with van der Waals surface area (Å²) < 4.78 is 42.1. The Morgan fingerprint density at radius 1 is 1.11 bits per heavy atom. The zero-order valence-corrected chi connectivity index (χ0v) is 21.6. The van der Waals surface area contributed by atoms with E-state index in [0.29, 0.717) is 21.9 Å². The van der Waals surface area contributed by atoms with E-state index in [1.54, 1.807) is 24.3 Å². The van der Waals surface area contributed by atoms with Crippen LogP contribution in [0.1, 0.15) is 56.2 Å². The Balaban J connectivity index is 1.70. The Bertz CT molecular complexity index is 1980. The SMILES string of the molecule is CC(C)c1cc2c(=O)c3c4ccc(C#N)cc4[nH]c3n(C3CCC3)c2cc1-c1cccc(OS(=O)(=O)F)c1. The molecule has 38 heavy (non-hydrogen) atoms. The first-order valence-corrected chi connectivity index (χ1v) is 13.8. The van der Waals surface area contributed by atoms with E-state index < -0.39 is 10.5 Å². The standard InChI is InChI=1S/C29H24FN3O4S/c1-16(2)22-13-24-26(14-23(22)18-5-3-8-20(12-18)37-38(30,35)36)33(19-6-4-7-19)29-27(28(24)34)21-10-9-17(15-31)11-25(21)32-29/h3,5,8-14,16,19,32H,4,6-7H2,1-2H3. The molecular formula is C29H24FN3O4S. The highest BCUT2D eigenvalue weighted by Crippen LogP contribution is 2.41. The molecule has 0 spiro atoms. The van der Waals surface area contributed by atoms with E-state index in [1.165, 1.54) is 12.1 Å². The summed E-state index contributed by atoms with van der Waals surface area (Å²) in [7, 11) is -5.17. The summed E-state index contributed by atoms with van der Waals surface area (Å²) in [5.41, 5.74) is 5.02. The normalized spacial score (nSPS) is 14.3. The average Bonchev–Trinajstić information content (AvgIpc) is 3.22. The van der Waals surface area contributed by atoms with Gasteiger partial charge in [-0.15, -0.1) is 0 Å². The maximum Gasteiger partial charge on any atom is 0.488 e. The van der Waals surface area contributed by atoms with E-state index >= 15 is 0 Å². The van der Waals surface area contributed by atoms with E-state index in [-0.39, 0.29) is 23.1 Å². The number of aromatic amines is 1. The van der Waals surface area contributed by atoms with Gasteiger partial charge in [-0.2, -0.15) is 13.7 Å². The fourth-order valence-electron chi connectivity index (χ4n) is 5.49. The maximum absolute atomic E-state index is 14.0. The smallest absolute Gasteiger partial charge is 0.358 e. The van der Waals surface area contributed by atoms with Crippen molar-refractivity contribution in [3.05, 3.63) is 75.9 Å². The number of nitrogens with zero attached hydrogens (tertiary/aromatic N) is 2. The third-order valence-corrected chi connectivity index (χ3v) is 7.84. The zero-order chi connectivity index (χ0) is 26.8. The molecule has 7 nitrogen and oxygen atoms in total. The predicted molar refractivity (Wildman–Crippen MR) is 145 cm³/mol. The molecule has 2 heterocycles. The van der Waals surface area contributed by atoms with Crippen molar-refractivity contribution < 1.29 is 16.5 Å². The number of hydrogen-bond donors (Lipinski definition) is 1. The summed E-state index contributed by atoms with van der Waals surface area (Å²) in [6.45, 7) is 4.05. The van der Waals surface area contributed by atoms with Crippen molar-refractivity contribution in [2.24, 2.45) is 0 Å². The van der Waals surface area contributed by atoms with Gasteiger partial charge in [-0.25, -0.2) is 0 Å². The number of halogens is 1. The molecule has 1 fully saturated rings. The number of hydrogen-bond acceptors (Lipinski definition) is 5. The molecule has 5 aromatic rings. The van der Waals surface area contributed by atoms with E-state index in [1.807, 2.05) is 32.0 Å². The van der Waals surface area contributed by atoms with E-state index in [9.17, 15) is 22.4 Å². The lowest BCUT2D eigenvalue weighted by molar-refractivity contribution is 0.327. The molecule has 0 unspecified atom stereocenters. The minimum Gasteiger partial charge on any atom is -0.358 e. The summed E-state index contributed by atoms with van der Waals surface area (Å²) in [5.74, 6) is -0.0900. The maximum atomic E-state index is 14.0. The molecule has 1 saturated carbocycles. The molecule has 3 aromatic carbocycles. The minimum absolute atomic E-state index is 0.0392. The second-order valence-electron chi connectivity index (χ2n) is 10.1. The first kappa shape index (κ1) is 24.2. The average molecular weight is 530 g/mol. The Morgan fingerprint density at radius 3 is 2.55 bits per heavy atom. The molecule has 0 aliphatic heterocycles. The number of benzene rings is 3. The number of pyridine rings is 1. The van der Waals surface area contributed by atoms with Gasteiger partial charge in [-0.05, 0) is 78.3 Å². The second-order valence-corrected chi connectivity index (χ2v) is 11.1. The Morgan fingerprint density at radius 2 is 1.89 bits per heavy atom. The van der Waals surface area contributed by atoms with Crippen molar-refractivity contribution in [3.8, 4) is 22.9 Å². The molecule has 0 atom stereocenters. The van der Waals surface area contributed by atoms with Crippen LogP contribution in [0.25, 0.3) is 44.0 Å². The quantitative estimate of drug-likeness (QED) is 0.258. The largest absolute Gasteiger partial charge is 0.488 e. The first-order chi connectivity index (χ1) is 18.1. The summed E-state index contributed by atoms with van der Waals surface area (Å²) >= 11 is 0.